The van der Waals surface area contributed by atoms with Gasteiger partial charge in [-0.2, -0.15) is 5.10 Å². The van der Waals surface area contributed by atoms with Crippen LogP contribution in [0.3, 0.4) is 0 Å². The number of carbonyl (C=O) groups is 1. The van der Waals surface area contributed by atoms with Gasteiger partial charge in [-0.1, -0.05) is 19.1 Å². The third-order valence-electron chi connectivity index (χ3n) is 4.39. The summed E-state index contributed by atoms with van der Waals surface area (Å²) in [6, 6.07) is 7.99. The molecule has 9 heteroatoms. The van der Waals surface area contributed by atoms with E-state index >= 15 is 0 Å². The SMILES string of the molecule is CC1CN(C(=O)c2ccn(-c3ccccc3[N+](=O)[O-])n2)CCC1N.Cl. The summed E-state index contributed by atoms with van der Waals surface area (Å²) in [5, 5.41) is 15.4. The molecule has 1 aromatic heterocycles. The molecule has 1 fully saturated rings. The number of likely N-dealkylation sites (tertiary alicyclic amines) is 1. The quantitative estimate of drug-likeness (QED) is 0.661. The van der Waals surface area contributed by atoms with Crippen LogP contribution in [-0.4, -0.2) is 44.6 Å². The van der Waals surface area contributed by atoms with E-state index in [1.807, 2.05) is 6.92 Å². The van der Waals surface area contributed by atoms with E-state index < -0.39 is 4.92 Å². The van der Waals surface area contributed by atoms with Crippen molar-refractivity contribution in [3.63, 3.8) is 0 Å². The third-order valence-corrected chi connectivity index (χ3v) is 4.39. The van der Waals surface area contributed by atoms with Gasteiger partial charge in [0.15, 0.2) is 5.69 Å². The second kappa shape index (κ2) is 7.62. The first kappa shape index (κ1) is 18.9. The molecule has 0 radical (unpaired) electrons. The van der Waals surface area contributed by atoms with Crippen molar-refractivity contribution in [1.29, 1.82) is 0 Å². The monoisotopic (exact) mass is 365 g/mol. The first-order valence-corrected chi connectivity index (χ1v) is 7.81. The molecule has 0 bridgehead atoms. The Bertz CT molecular complexity index is 779. The lowest BCUT2D eigenvalue weighted by molar-refractivity contribution is -0.384. The van der Waals surface area contributed by atoms with Gasteiger partial charge in [-0.25, -0.2) is 4.68 Å². The van der Waals surface area contributed by atoms with Crippen molar-refractivity contribution in [3.8, 4) is 5.69 Å². The Morgan fingerprint density at radius 1 is 1.36 bits per heavy atom. The Balaban J connectivity index is 0.00000225. The fourth-order valence-electron chi connectivity index (χ4n) is 2.89. The highest BCUT2D eigenvalue weighted by atomic mass is 35.5. The molecule has 1 saturated heterocycles. The van der Waals surface area contributed by atoms with Gasteiger partial charge in [0, 0.05) is 31.4 Å². The molecule has 25 heavy (non-hydrogen) atoms. The van der Waals surface area contributed by atoms with Gasteiger partial charge in [0.1, 0.15) is 5.69 Å². The van der Waals surface area contributed by atoms with Crippen molar-refractivity contribution in [3.05, 3.63) is 52.3 Å². The van der Waals surface area contributed by atoms with Gasteiger partial charge in [-0.15, -0.1) is 12.4 Å². The summed E-state index contributed by atoms with van der Waals surface area (Å²) in [5.74, 6) is 0.0612. The van der Waals surface area contributed by atoms with Gasteiger partial charge < -0.3 is 10.6 Å². The highest BCUT2D eigenvalue weighted by Crippen LogP contribution is 2.22. The number of halogens is 1. The summed E-state index contributed by atoms with van der Waals surface area (Å²) in [6.07, 6.45) is 2.33. The minimum atomic E-state index is -0.466. The highest BCUT2D eigenvalue weighted by Gasteiger charge is 2.28. The maximum absolute atomic E-state index is 12.6. The van der Waals surface area contributed by atoms with Gasteiger partial charge in [-0.05, 0) is 24.5 Å². The summed E-state index contributed by atoms with van der Waals surface area (Å²) in [7, 11) is 0. The molecule has 0 aliphatic carbocycles. The standard InChI is InChI=1S/C16H19N5O3.ClH/c1-11-10-19(8-6-12(11)17)16(22)13-7-9-20(18-13)14-4-2-3-5-15(14)21(23)24;/h2-5,7,9,11-12H,6,8,10,17H2,1H3;1H. The molecule has 1 amide bonds. The first-order valence-electron chi connectivity index (χ1n) is 7.81. The Hall–Kier alpha value is -2.45. The lowest BCUT2D eigenvalue weighted by atomic mass is 9.94. The van der Waals surface area contributed by atoms with Crippen LogP contribution >= 0.6 is 12.4 Å². The van der Waals surface area contributed by atoms with Crippen molar-refractivity contribution >= 4 is 24.0 Å². The number of para-hydroxylation sites is 2. The maximum Gasteiger partial charge on any atom is 0.294 e. The van der Waals surface area contributed by atoms with E-state index in [-0.39, 0.29) is 41.7 Å². The van der Waals surface area contributed by atoms with Crippen molar-refractivity contribution in [2.24, 2.45) is 11.7 Å². The van der Waals surface area contributed by atoms with Crippen LogP contribution in [-0.2, 0) is 0 Å². The third kappa shape index (κ3) is 3.80. The van der Waals surface area contributed by atoms with E-state index in [1.165, 1.54) is 10.7 Å². The largest absolute Gasteiger partial charge is 0.337 e. The number of nitrogens with two attached hydrogens (primary N) is 1. The zero-order valence-electron chi connectivity index (χ0n) is 13.7. The average Bonchev–Trinajstić information content (AvgIpc) is 3.06. The number of rotatable bonds is 3. The fourth-order valence-corrected chi connectivity index (χ4v) is 2.89. The molecule has 2 aromatic rings. The van der Waals surface area contributed by atoms with Crippen molar-refractivity contribution < 1.29 is 9.72 Å². The normalized spacial score (nSPS) is 20.0. The van der Waals surface area contributed by atoms with E-state index in [2.05, 4.69) is 5.10 Å². The Morgan fingerprint density at radius 3 is 2.76 bits per heavy atom. The number of amides is 1. The van der Waals surface area contributed by atoms with Crippen LogP contribution < -0.4 is 5.73 Å². The van der Waals surface area contributed by atoms with E-state index in [4.69, 9.17) is 5.73 Å². The smallest absolute Gasteiger partial charge is 0.294 e. The summed E-state index contributed by atoms with van der Waals surface area (Å²) < 4.78 is 1.37. The molecular weight excluding hydrogens is 346 g/mol. The molecule has 1 aromatic carbocycles. The summed E-state index contributed by atoms with van der Waals surface area (Å²) in [4.78, 5) is 25.0. The predicted octanol–water partition coefficient (Wildman–Crippen LogP) is 2.01. The van der Waals surface area contributed by atoms with Crippen LogP contribution in [0.2, 0.25) is 0 Å². The average molecular weight is 366 g/mol. The van der Waals surface area contributed by atoms with Gasteiger partial charge in [0.05, 0.1) is 4.92 Å². The van der Waals surface area contributed by atoms with Crippen LogP contribution in [0, 0.1) is 16.0 Å². The number of nitro groups is 1. The molecule has 2 atom stereocenters. The van der Waals surface area contributed by atoms with E-state index in [9.17, 15) is 14.9 Å². The van der Waals surface area contributed by atoms with E-state index in [0.717, 1.165) is 6.42 Å². The van der Waals surface area contributed by atoms with Gasteiger partial charge in [-0.3, -0.25) is 14.9 Å². The molecule has 1 aliphatic heterocycles. The fraction of sp³-hybridized carbons (Fsp3) is 0.375. The number of benzene rings is 1. The van der Waals surface area contributed by atoms with E-state index in [1.54, 1.807) is 35.4 Å². The molecule has 0 saturated carbocycles. The number of hydrogen-bond acceptors (Lipinski definition) is 5. The molecule has 134 valence electrons. The molecule has 3 rings (SSSR count). The summed E-state index contributed by atoms with van der Waals surface area (Å²) in [5.41, 5.74) is 6.53. The maximum atomic E-state index is 12.6. The van der Waals surface area contributed by atoms with Gasteiger partial charge in [0.2, 0.25) is 0 Å². The molecule has 1 aliphatic rings. The zero-order chi connectivity index (χ0) is 17.3. The number of aromatic nitrogens is 2. The van der Waals surface area contributed by atoms with Crippen molar-refractivity contribution in [2.75, 3.05) is 13.1 Å². The second-order valence-corrected chi connectivity index (χ2v) is 6.07. The van der Waals surface area contributed by atoms with Crippen LogP contribution in [0.15, 0.2) is 36.5 Å². The van der Waals surface area contributed by atoms with E-state index in [0.29, 0.717) is 18.8 Å². The minimum Gasteiger partial charge on any atom is -0.337 e. The predicted molar refractivity (Wildman–Crippen MR) is 95.1 cm³/mol. The van der Waals surface area contributed by atoms with Crippen molar-refractivity contribution in [1.82, 2.24) is 14.7 Å². The molecule has 2 heterocycles. The Morgan fingerprint density at radius 2 is 2.08 bits per heavy atom. The van der Waals surface area contributed by atoms with Crippen LogP contribution in [0.5, 0.6) is 0 Å². The topological polar surface area (TPSA) is 107 Å². The molecular formula is C16H20ClN5O3. The van der Waals surface area contributed by atoms with Crippen LogP contribution in [0.25, 0.3) is 5.69 Å². The molecule has 2 N–H and O–H groups in total. The van der Waals surface area contributed by atoms with Crippen LogP contribution in [0.4, 0.5) is 5.69 Å². The molecule has 0 spiro atoms. The first-order chi connectivity index (χ1) is 11.5. The number of nitrogens with zero attached hydrogens (tertiary/aromatic N) is 4. The second-order valence-electron chi connectivity index (χ2n) is 6.07. The molecule has 2 unspecified atom stereocenters. The number of hydrogen-bond donors (Lipinski definition) is 1. The summed E-state index contributed by atoms with van der Waals surface area (Å²) in [6.45, 7) is 3.22. The highest BCUT2D eigenvalue weighted by molar-refractivity contribution is 5.92. The number of carbonyl (C=O) groups excluding carboxylic acids is 1. The van der Waals surface area contributed by atoms with Crippen LogP contribution in [0.1, 0.15) is 23.8 Å². The summed E-state index contributed by atoms with van der Waals surface area (Å²) >= 11 is 0. The number of nitro benzene ring substituents is 1. The lowest BCUT2D eigenvalue weighted by Crippen LogP contribution is -2.48. The molecule has 8 nitrogen and oxygen atoms in total. The lowest BCUT2D eigenvalue weighted by Gasteiger charge is -2.34. The van der Waals surface area contributed by atoms with Gasteiger partial charge >= 0.3 is 0 Å². The Kier molecular flexibility index (Phi) is 5.76. The number of piperidine rings is 1. The zero-order valence-corrected chi connectivity index (χ0v) is 14.6. The van der Waals surface area contributed by atoms with Gasteiger partial charge in [0.25, 0.3) is 11.6 Å². The minimum absolute atomic E-state index is 0. The Labute approximate surface area is 151 Å². The van der Waals surface area contributed by atoms with Crippen molar-refractivity contribution in [2.45, 2.75) is 19.4 Å².